The Kier molecular flexibility index (Phi) is 6.82. The maximum atomic E-state index is 13.2. The summed E-state index contributed by atoms with van der Waals surface area (Å²) in [7, 11) is 0. The number of benzene rings is 3. The molecule has 1 aliphatic heterocycles. The molecule has 35 heavy (non-hydrogen) atoms. The Labute approximate surface area is 203 Å². The third-order valence-corrected chi connectivity index (χ3v) is 6.29. The van der Waals surface area contributed by atoms with Gasteiger partial charge in [-0.05, 0) is 41.8 Å². The van der Waals surface area contributed by atoms with Crippen LogP contribution in [0, 0.1) is 0 Å². The van der Waals surface area contributed by atoms with Gasteiger partial charge in [-0.2, -0.15) is 0 Å². The summed E-state index contributed by atoms with van der Waals surface area (Å²) < 4.78 is 0. The molecule has 3 aromatic rings. The summed E-state index contributed by atoms with van der Waals surface area (Å²) in [5.74, 6) is -1.35. The van der Waals surface area contributed by atoms with Crippen LogP contribution in [0.4, 0.5) is 4.79 Å². The molecule has 1 fully saturated rings. The Hall–Kier alpha value is -4.20. The van der Waals surface area contributed by atoms with Crippen LogP contribution in [0.1, 0.15) is 25.0 Å². The Morgan fingerprint density at radius 3 is 2.37 bits per heavy atom. The molecule has 4 rings (SSSR count). The zero-order valence-corrected chi connectivity index (χ0v) is 19.8. The van der Waals surface area contributed by atoms with E-state index in [4.69, 9.17) is 0 Å². The predicted molar refractivity (Wildman–Crippen MR) is 132 cm³/mol. The molecule has 8 heteroatoms. The topological polar surface area (TPSA) is 98.8 Å². The fourth-order valence-electron chi connectivity index (χ4n) is 4.20. The van der Waals surface area contributed by atoms with Gasteiger partial charge >= 0.3 is 6.03 Å². The highest BCUT2D eigenvalue weighted by atomic mass is 16.2. The summed E-state index contributed by atoms with van der Waals surface area (Å²) in [6.45, 7) is 3.73. The van der Waals surface area contributed by atoms with Crippen molar-refractivity contribution in [2.75, 3.05) is 19.6 Å². The molecule has 1 unspecified atom stereocenters. The van der Waals surface area contributed by atoms with Crippen LogP contribution in [0.25, 0.3) is 10.8 Å². The lowest BCUT2D eigenvalue weighted by Crippen LogP contribution is -2.45. The van der Waals surface area contributed by atoms with Crippen molar-refractivity contribution in [1.29, 1.82) is 0 Å². The van der Waals surface area contributed by atoms with E-state index in [1.807, 2.05) is 73.7 Å². The number of rotatable bonds is 8. The Morgan fingerprint density at radius 2 is 1.66 bits per heavy atom. The van der Waals surface area contributed by atoms with Gasteiger partial charge in [0.25, 0.3) is 5.91 Å². The van der Waals surface area contributed by atoms with E-state index in [0.29, 0.717) is 18.7 Å². The van der Waals surface area contributed by atoms with E-state index in [1.54, 1.807) is 17.9 Å². The molecule has 3 aromatic carbocycles. The number of carbonyl (C=O) groups is 4. The number of imide groups is 1. The van der Waals surface area contributed by atoms with E-state index in [1.165, 1.54) is 0 Å². The van der Waals surface area contributed by atoms with Gasteiger partial charge in [0.05, 0.1) is 6.54 Å². The summed E-state index contributed by atoms with van der Waals surface area (Å²) in [4.78, 5) is 53.4. The molecule has 8 nitrogen and oxygen atoms in total. The summed E-state index contributed by atoms with van der Waals surface area (Å²) in [6, 6.07) is 22.2. The fourth-order valence-corrected chi connectivity index (χ4v) is 4.20. The standard InChI is InChI=1S/C27H28N4O4/c1-3-30(17-19-9-5-4-6-10-19)24(33)16-28-23(32)18-31-25(34)27(2,29-26(31)35)22-14-13-20-11-7-8-12-21(20)15-22/h4-15H,3,16-18H2,1-2H3,(H,28,32)(H,29,35). The van der Waals surface area contributed by atoms with Crippen molar-refractivity contribution in [3.05, 3.63) is 83.9 Å². The average molecular weight is 473 g/mol. The molecule has 0 radical (unpaired) electrons. The minimum absolute atomic E-state index is 0.217. The summed E-state index contributed by atoms with van der Waals surface area (Å²) in [6.07, 6.45) is 0. The summed E-state index contributed by atoms with van der Waals surface area (Å²) >= 11 is 0. The first-order valence-electron chi connectivity index (χ1n) is 11.5. The highest BCUT2D eigenvalue weighted by molar-refractivity contribution is 6.09. The second-order valence-corrected chi connectivity index (χ2v) is 8.68. The van der Waals surface area contributed by atoms with Gasteiger partial charge in [-0.3, -0.25) is 19.3 Å². The van der Waals surface area contributed by atoms with Gasteiger partial charge in [0, 0.05) is 13.1 Å². The molecular weight excluding hydrogens is 444 g/mol. The fraction of sp³-hybridized carbons (Fsp3) is 0.259. The first kappa shape index (κ1) is 23.9. The van der Waals surface area contributed by atoms with Crippen LogP contribution in [0.2, 0.25) is 0 Å². The Morgan fingerprint density at radius 1 is 0.971 bits per heavy atom. The molecule has 0 bridgehead atoms. The minimum atomic E-state index is -1.29. The summed E-state index contributed by atoms with van der Waals surface area (Å²) in [5.41, 5.74) is 0.333. The SMILES string of the molecule is CCN(Cc1ccccc1)C(=O)CNC(=O)CN1C(=O)NC(C)(c2ccc3ccccc3c2)C1=O. The second kappa shape index (κ2) is 9.97. The number of hydrogen-bond donors (Lipinski definition) is 2. The van der Waals surface area contributed by atoms with Crippen molar-refractivity contribution in [2.45, 2.75) is 25.9 Å². The molecule has 0 aliphatic carbocycles. The lowest BCUT2D eigenvalue weighted by atomic mass is 9.90. The van der Waals surface area contributed by atoms with E-state index < -0.39 is 29.9 Å². The highest BCUT2D eigenvalue weighted by Gasteiger charge is 2.49. The first-order valence-corrected chi connectivity index (χ1v) is 11.5. The number of carbonyl (C=O) groups excluding carboxylic acids is 4. The molecular formula is C27H28N4O4. The van der Waals surface area contributed by atoms with Crippen molar-refractivity contribution in [2.24, 2.45) is 0 Å². The molecule has 5 amide bonds. The van der Waals surface area contributed by atoms with E-state index in [0.717, 1.165) is 21.2 Å². The van der Waals surface area contributed by atoms with Crippen molar-refractivity contribution in [3.8, 4) is 0 Å². The third kappa shape index (κ3) is 5.01. The lowest BCUT2D eigenvalue weighted by Gasteiger charge is -2.23. The van der Waals surface area contributed by atoms with Crippen LogP contribution >= 0.6 is 0 Å². The molecule has 1 saturated heterocycles. The molecule has 1 heterocycles. The van der Waals surface area contributed by atoms with Gasteiger partial charge in [-0.1, -0.05) is 66.7 Å². The molecule has 180 valence electrons. The van der Waals surface area contributed by atoms with Crippen LogP contribution in [0.3, 0.4) is 0 Å². The maximum absolute atomic E-state index is 13.2. The number of hydrogen-bond acceptors (Lipinski definition) is 4. The smallest absolute Gasteiger partial charge is 0.325 e. The van der Waals surface area contributed by atoms with Gasteiger partial charge in [-0.15, -0.1) is 0 Å². The quantitative estimate of drug-likeness (QED) is 0.493. The van der Waals surface area contributed by atoms with Crippen molar-refractivity contribution in [1.82, 2.24) is 20.4 Å². The monoisotopic (exact) mass is 472 g/mol. The minimum Gasteiger partial charge on any atom is -0.345 e. The van der Waals surface area contributed by atoms with Crippen molar-refractivity contribution in [3.63, 3.8) is 0 Å². The van der Waals surface area contributed by atoms with Crippen LogP contribution in [0.15, 0.2) is 72.8 Å². The highest BCUT2D eigenvalue weighted by Crippen LogP contribution is 2.30. The number of likely N-dealkylation sites (N-methyl/N-ethyl adjacent to an activating group) is 1. The average Bonchev–Trinajstić information content (AvgIpc) is 3.09. The zero-order chi connectivity index (χ0) is 25.0. The van der Waals surface area contributed by atoms with E-state index >= 15 is 0 Å². The number of urea groups is 1. The first-order chi connectivity index (χ1) is 16.8. The summed E-state index contributed by atoms with van der Waals surface area (Å²) in [5, 5.41) is 7.22. The molecule has 1 atom stereocenters. The molecule has 0 spiro atoms. The van der Waals surface area contributed by atoms with Gasteiger partial charge in [-0.25, -0.2) is 4.79 Å². The van der Waals surface area contributed by atoms with Crippen LogP contribution in [0.5, 0.6) is 0 Å². The number of fused-ring (bicyclic) bond motifs is 1. The van der Waals surface area contributed by atoms with Crippen LogP contribution < -0.4 is 10.6 Å². The second-order valence-electron chi connectivity index (χ2n) is 8.68. The maximum Gasteiger partial charge on any atom is 0.325 e. The van der Waals surface area contributed by atoms with Crippen LogP contribution in [-0.4, -0.2) is 53.2 Å². The van der Waals surface area contributed by atoms with Crippen molar-refractivity contribution >= 4 is 34.5 Å². The number of nitrogens with zero attached hydrogens (tertiary/aromatic N) is 2. The molecule has 0 aromatic heterocycles. The van der Waals surface area contributed by atoms with E-state index in [9.17, 15) is 19.2 Å². The molecule has 1 aliphatic rings. The Balaban J connectivity index is 1.38. The van der Waals surface area contributed by atoms with Gasteiger partial charge in [0.1, 0.15) is 12.1 Å². The number of nitrogens with one attached hydrogen (secondary N) is 2. The zero-order valence-electron chi connectivity index (χ0n) is 19.8. The largest absolute Gasteiger partial charge is 0.345 e. The van der Waals surface area contributed by atoms with Gasteiger partial charge < -0.3 is 15.5 Å². The van der Waals surface area contributed by atoms with E-state index in [2.05, 4.69) is 10.6 Å². The molecule has 2 N–H and O–H groups in total. The number of amides is 5. The predicted octanol–water partition coefficient (Wildman–Crippen LogP) is 2.77. The lowest BCUT2D eigenvalue weighted by molar-refractivity contribution is -0.136. The normalized spacial score (nSPS) is 17.4. The third-order valence-electron chi connectivity index (χ3n) is 6.29. The van der Waals surface area contributed by atoms with Crippen molar-refractivity contribution < 1.29 is 19.2 Å². The van der Waals surface area contributed by atoms with Gasteiger partial charge in [0.2, 0.25) is 11.8 Å². The van der Waals surface area contributed by atoms with E-state index in [-0.39, 0.29) is 12.5 Å². The Bertz CT molecular complexity index is 1280. The van der Waals surface area contributed by atoms with Crippen LogP contribution in [-0.2, 0) is 26.5 Å². The molecule has 0 saturated carbocycles. The van der Waals surface area contributed by atoms with Gasteiger partial charge in [0.15, 0.2) is 0 Å².